The third-order valence-corrected chi connectivity index (χ3v) is 2.34. The van der Waals surface area contributed by atoms with E-state index in [1.165, 1.54) is 36.4 Å². The summed E-state index contributed by atoms with van der Waals surface area (Å²) in [6, 6.07) is 8.59. The van der Waals surface area contributed by atoms with Gasteiger partial charge in [0.25, 0.3) is 0 Å². The van der Waals surface area contributed by atoms with Gasteiger partial charge in [-0.3, -0.25) is 0 Å². The molecule has 0 aliphatic carbocycles. The van der Waals surface area contributed by atoms with Gasteiger partial charge in [0, 0.05) is 6.07 Å². The lowest BCUT2D eigenvalue weighted by molar-refractivity contribution is 0.0681. The Balaban J connectivity index is 0.000000219. The third kappa shape index (κ3) is 4.75. The van der Waals surface area contributed by atoms with Gasteiger partial charge < -0.3 is 25.5 Å². The Hall–Kier alpha value is -3.22. The van der Waals surface area contributed by atoms with Crippen LogP contribution in [0.4, 0.5) is 0 Å². The molecule has 21 heavy (non-hydrogen) atoms. The number of carbonyl (C=O) groups is 2. The molecule has 7 nitrogen and oxygen atoms in total. The van der Waals surface area contributed by atoms with E-state index in [-0.39, 0.29) is 28.4 Å². The van der Waals surface area contributed by atoms with E-state index in [2.05, 4.69) is 0 Å². The first-order valence-corrected chi connectivity index (χ1v) is 5.59. The summed E-state index contributed by atoms with van der Waals surface area (Å²) in [6.45, 7) is 0. The largest absolute Gasteiger partial charge is 0.508 e. The van der Waals surface area contributed by atoms with Crippen molar-refractivity contribution in [2.45, 2.75) is 0 Å². The maximum Gasteiger partial charge on any atom is 0.335 e. The Morgan fingerprint density at radius 1 is 0.667 bits per heavy atom. The molecule has 0 unspecified atom stereocenters. The van der Waals surface area contributed by atoms with Crippen molar-refractivity contribution in [1.82, 2.24) is 0 Å². The average Bonchev–Trinajstić information content (AvgIpc) is 2.44. The zero-order chi connectivity index (χ0) is 16.0. The van der Waals surface area contributed by atoms with Crippen molar-refractivity contribution in [3.63, 3.8) is 0 Å². The number of benzene rings is 2. The molecule has 0 fully saturated rings. The van der Waals surface area contributed by atoms with E-state index < -0.39 is 11.9 Å². The monoisotopic (exact) mass is 292 g/mol. The topological polar surface area (TPSA) is 135 Å². The van der Waals surface area contributed by atoms with Crippen molar-refractivity contribution in [3.8, 4) is 17.2 Å². The van der Waals surface area contributed by atoms with Gasteiger partial charge in [0.05, 0.1) is 11.1 Å². The van der Waals surface area contributed by atoms with Crippen molar-refractivity contribution >= 4 is 11.9 Å². The molecule has 0 saturated heterocycles. The van der Waals surface area contributed by atoms with Crippen LogP contribution in [0.3, 0.4) is 0 Å². The van der Waals surface area contributed by atoms with Gasteiger partial charge in [-0.2, -0.15) is 0 Å². The first-order valence-electron chi connectivity index (χ1n) is 5.59. The van der Waals surface area contributed by atoms with Crippen molar-refractivity contribution in [2.24, 2.45) is 0 Å². The second kappa shape index (κ2) is 6.80. The number of aromatic carboxylic acids is 2. The fourth-order valence-electron chi connectivity index (χ4n) is 1.27. The van der Waals surface area contributed by atoms with Crippen LogP contribution in [0.5, 0.6) is 17.2 Å². The molecule has 0 aromatic heterocycles. The lowest BCUT2D eigenvalue weighted by Crippen LogP contribution is -1.99. The number of carboxylic acid groups (broad SMARTS) is 2. The van der Waals surface area contributed by atoms with Crippen molar-refractivity contribution in [2.75, 3.05) is 0 Å². The molecule has 2 aromatic rings. The summed E-state index contributed by atoms with van der Waals surface area (Å²) in [4.78, 5) is 20.7. The van der Waals surface area contributed by atoms with Gasteiger partial charge in [-0.25, -0.2) is 9.59 Å². The summed E-state index contributed by atoms with van der Waals surface area (Å²) in [7, 11) is 0. The van der Waals surface area contributed by atoms with Crippen LogP contribution < -0.4 is 0 Å². The zero-order valence-corrected chi connectivity index (χ0v) is 10.6. The molecule has 0 spiro atoms. The average molecular weight is 292 g/mol. The van der Waals surface area contributed by atoms with Crippen molar-refractivity contribution < 1.29 is 35.1 Å². The normalized spacial score (nSPS) is 9.33. The number of rotatable bonds is 2. The molecule has 0 bridgehead atoms. The highest BCUT2D eigenvalue weighted by atomic mass is 16.4. The second-order valence-corrected chi connectivity index (χ2v) is 3.86. The number of aromatic hydroxyl groups is 3. The van der Waals surface area contributed by atoms with Crippen molar-refractivity contribution in [1.29, 1.82) is 0 Å². The van der Waals surface area contributed by atoms with Crippen LogP contribution in [0.1, 0.15) is 20.7 Å². The van der Waals surface area contributed by atoms with E-state index in [4.69, 9.17) is 25.5 Å². The first-order chi connectivity index (χ1) is 9.81. The number of carboxylic acids is 2. The van der Waals surface area contributed by atoms with Crippen molar-refractivity contribution in [3.05, 3.63) is 53.6 Å². The van der Waals surface area contributed by atoms with E-state index in [0.29, 0.717) is 0 Å². The predicted octanol–water partition coefficient (Wildman–Crippen LogP) is 1.89. The SMILES string of the molecule is O=C(O)c1ccc(C(=O)O)cc1.Oc1ccc(O)c(O)c1. The number of phenols is 3. The van der Waals surface area contributed by atoms with Crippen LogP contribution >= 0.6 is 0 Å². The van der Waals surface area contributed by atoms with E-state index >= 15 is 0 Å². The Bertz CT molecular complexity index is 614. The maximum absolute atomic E-state index is 10.3. The Kier molecular flexibility index (Phi) is 5.13. The minimum Gasteiger partial charge on any atom is -0.508 e. The molecular formula is C14H12O7. The summed E-state index contributed by atoms with van der Waals surface area (Å²) in [5.41, 5.74) is 0.167. The molecule has 0 aliphatic rings. The van der Waals surface area contributed by atoms with Crippen LogP contribution in [0.25, 0.3) is 0 Å². The Morgan fingerprint density at radius 2 is 1.10 bits per heavy atom. The number of hydrogen-bond acceptors (Lipinski definition) is 5. The van der Waals surface area contributed by atoms with Crippen LogP contribution in [0.15, 0.2) is 42.5 Å². The lowest BCUT2D eigenvalue weighted by atomic mass is 10.1. The molecule has 0 aliphatic heterocycles. The highest BCUT2D eigenvalue weighted by Gasteiger charge is 2.04. The van der Waals surface area contributed by atoms with Crippen LogP contribution in [-0.4, -0.2) is 37.5 Å². The summed E-state index contributed by atoms with van der Waals surface area (Å²) >= 11 is 0. The molecule has 7 heteroatoms. The minimum absolute atomic E-state index is 0.0645. The van der Waals surface area contributed by atoms with Gasteiger partial charge in [0.2, 0.25) is 0 Å². The predicted molar refractivity (Wildman–Crippen MR) is 71.8 cm³/mol. The van der Waals surface area contributed by atoms with E-state index in [9.17, 15) is 9.59 Å². The number of phenolic OH excluding ortho intramolecular Hbond substituents is 3. The zero-order valence-electron chi connectivity index (χ0n) is 10.6. The van der Waals surface area contributed by atoms with Gasteiger partial charge in [0.15, 0.2) is 11.5 Å². The molecule has 0 radical (unpaired) electrons. The maximum atomic E-state index is 10.3. The van der Waals surface area contributed by atoms with E-state index in [1.807, 2.05) is 0 Å². The number of hydrogen-bond donors (Lipinski definition) is 5. The van der Waals surface area contributed by atoms with Gasteiger partial charge >= 0.3 is 11.9 Å². The minimum atomic E-state index is -1.06. The summed E-state index contributed by atoms with van der Waals surface area (Å²) in [6.07, 6.45) is 0. The Morgan fingerprint density at radius 3 is 1.38 bits per heavy atom. The molecule has 0 heterocycles. The fraction of sp³-hybridized carbons (Fsp3) is 0. The molecule has 5 N–H and O–H groups in total. The lowest BCUT2D eigenvalue weighted by Gasteiger charge is -1.95. The standard InChI is InChI=1S/C8H6O4.C6H6O3/c9-7(10)5-1-2-6(4-3-5)8(11)12;7-4-1-2-5(8)6(9)3-4/h1-4H,(H,9,10)(H,11,12);1-3,7-9H. The molecule has 0 saturated carbocycles. The Labute approximate surface area is 119 Å². The van der Waals surface area contributed by atoms with Crippen LogP contribution in [0.2, 0.25) is 0 Å². The summed E-state index contributed by atoms with van der Waals surface area (Å²) < 4.78 is 0. The molecular weight excluding hydrogens is 280 g/mol. The van der Waals surface area contributed by atoms with Gasteiger partial charge in [-0.05, 0) is 36.4 Å². The highest BCUT2D eigenvalue weighted by molar-refractivity contribution is 5.91. The first kappa shape index (κ1) is 15.8. The molecule has 0 atom stereocenters. The summed E-state index contributed by atoms with van der Waals surface area (Å²) in [5.74, 6) is -2.73. The fourth-order valence-corrected chi connectivity index (χ4v) is 1.27. The molecule has 2 aromatic carbocycles. The second-order valence-electron chi connectivity index (χ2n) is 3.86. The molecule has 110 valence electrons. The van der Waals surface area contributed by atoms with Gasteiger partial charge in [-0.1, -0.05) is 0 Å². The van der Waals surface area contributed by atoms with Gasteiger partial charge in [0.1, 0.15) is 5.75 Å². The van der Waals surface area contributed by atoms with Crippen LogP contribution in [-0.2, 0) is 0 Å². The van der Waals surface area contributed by atoms with E-state index in [1.54, 1.807) is 0 Å². The highest BCUT2D eigenvalue weighted by Crippen LogP contribution is 2.27. The smallest absolute Gasteiger partial charge is 0.335 e. The summed E-state index contributed by atoms with van der Waals surface area (Å²) in [5, 5.41) is 43.0. The van der Waals surface area contributed by atoms with E-state index in [0.717, 1.165) is 6.07 Å². The van der Waals surface area contributed by atoms with Crippen LogP contribution in [0, 0.1) is 0 Å². The quantitative estimate of drug-likeness (QED) is 0.421. The molecule has 2 rings (SSSR count). The molecule has 0 amide bonds. The third-order valence-electron chi connectivity index (χ3n) is 2.34. The van der Waals surface area contributed by atoms with Gasteiger partial charge in [-0.15, -0.1) is 0 Å².